The van der Waals surface area contributed by atoms with E-state index in [2.05, 4.69) is 252 Å². The molecule has 0 N–H and O–H groups in total. The molecule has 0 unspecified atom stereocenters. The van der Waals surface area contributed by atoms with Crippen LogP contribution in [0.1, 0.15) is 0 Å². The van der Waals surface area contributed by atoms with Crippen LogP contribution < -0.4 is 4.90 Å². The lowest BCUT2D eigenvalue weighted by Gasteiger charge is -2.31. The van der Waals surface area contributed by atoms with Crippen molar-refractivity contribution < 1.29 is 0 Å². The van der Waals surface area contributed by atoms with Crippen LogP contribution in [0.2, 0.25) is 0 Å². The highest BCUT2D eigenvalue weighted by Crippen LogP contribution is 2.48. The van der Waals surface area contributed by atoms with Gasteiger partial charge in [-0.3, -0.25) is 0 Å². The zero-order chi connectivity index (χ0) is 39.8. The van der Waals surface area contributed by atoms with Crippen LogP contribution in [-0.4, -0.2) is 4.57 Å². The smallest absolute Gasteiger partial charge is 0.0561 e. The minimum Gasteiger partial charge on any atom is -0.309 e. The van der Waals surface area contributed by atoms with Gasteiger partial charge in [-0.2, -0.15) is 0 Å². The van der Waals surface area contributed by atoms with Crippen LogP contribution in [0, 0.1) is 0 Å². The summed E-state index contributed by atoms with van der Waals surface area (Å²) in [6.45, 7) is 0. The maximum Gasteiger partial charge on any atom is 0.0561 e. The SMILES string of the molecule is c1ccc(-c2ccccc2-c2ccc(N(c3ccc4c5ccccc5n(-c5ccccc5)c4c3)c3ccccc3-c3cccc4ccccc34)c(-c3ccccc3)c2)cc1. The molecule has 0 bridgehead atoms. The van der Waals surface area contributed by atoms with Gasteiger partial charge in [0.05, 0.1) is 22.4 Å². The van der Waals surface area contributed by atoms with Crippen LogP contribution >= 0.6 is 0 Å². The summed E-state index contributed by atoms with van der Waals surface area (Å²) in [6.07, 6.45) is 0. The second-order valence-corrected chi connectivity index (χ2v) is 15.3. The maximum atomic E-state index is 2.48. The molecule has 0 atom stereocenters. The van der Waals surface area contributed by atoms with E-state index in [1.54, 1.807) is 0 Å². The average molecular weight is 765 g/mol. The Morgan fingerprint density at radius 1 is 0.283 bits per heavy atom. The number of fused-ring (bicyclic) bond motifs is 4. The predicted molar refractivity (Wildman–Crippen MR) is 255 cm³/mol. The summed E-state index contributed by atoms with van der Waals surface area (Å²) in [5.74, 6) is 0. The number of nitrogens with zero attached hydrogens (tertiary/aromatic N) is 2. The third-order valence-corrected chi connectivity index (χ3v) is 11.8. The number of rotatable bonds is 8. The Bertz CT molecular complexity index is 3300. The van der Waals surface area contributed by atoms with Gasteiger partial charge in [-0.05, 0) is 92.7 Å². The highest BCUT2D eigenvalue weighted by Gasteiger charge is 2.24. The zero-order valence-corrected chi connectivity index (χ0v) is 33.0. The first kappa shape index (κ1) is 35.2. The van der Waals surface area contributed by atoms with Gasteiger partial charge in [0.15, 0.2) is 0 Å². The first-order valence-electron chi connectivity index (χ1n) is 20.6. The molecule has 0 aliphatic rings. The van der Waals surface area contributed by atoms with E-state index in [1.165, 1.54) is 54.9 Å². The summed E-state index contributed by atoms with van der Waals surface area (Å²) >= 11 is 0. The molecule has 11 aromatic rings. The van der Waals surface area contributed by atoms with Crippen LogP contribution in [-0.2, 0) is 0 Å². The first-order valence-corrected chi connectivity index (χ1v) is 20.6. The van der Waals surface area contributed by atoms with Crippen molar-refractivity contribution in [1.82, 2.24) is 4.57 Å². The highest BCUT2D eigenvalue weighted by atomic mass is 15.1. The summed E-state index contributed by atoms with van der Waals surface area (Å²) in [5, 5.41) is 4.90. The lowest BCUT2D eigenvalue weighted by atomic mass is 9.91. The molecule has 60 heavy (non-hydrogen) atoms. The molecule has 10 aromatic carbocycles. The second-order valence-electron chi connectivity index (χ2n) is 15.3. The summed E-state index contributed by atoms with van der Waals surface area (Å²) < 4.78 is 2.41. The molecule has 0 spiro atoms. The summed E-state index contributed by atoms with van der Waals surface area (Å²) in [4.78, 5) is 2.48. The number of benzene rings is 10. The fraction of sp³-hybridized carbons (Fsp3) is 0. The van der Waals surface area contributed by atoms with Crippen molar-refractivity contribution in [3.05, 3.63) is 243 Å². The fourth-order valence-corrected chi connectivity index (χ4v) is 9.07. The van der Waals surface area contributed by atoms with E-state index in [1.807, 2.05) is 0 Å². The number of hydrogen-bond acceptors (Lipinski definition) is 1. The number of hydrogen-bond donors (Lipinski definition) is 0. The Kier molecular flexibility index (Phi) is 8.87. The quantitative estimate of drug-likeness (QED) is 0.150. The summed E-state index contributed by atoms with van der Waals surface area (Å²) in [5.41, 5.74) is 16.2. The summed E-state index contributed by atoms with van der Waals surface area (Å²) in [7, 11) is 0. The fourth-order valence-electron chi connectivity index (χ4n) is 9.07. The number of aromatic nitrogens is 1. The van der Waals surface area contributed by atoms with Gasteiger partial charge in [-0.15, -0.1) is 0 Å². The lowest BCUT2D eigenvalue weighted by Crippen LogP contribution is -2.13. The van der Waals surface area contributed by atoms with Crippen molar-refractivity contribution in [3.63, 3.8) is 0 Å². The van der Waals surface area contributed by atoms with Crippen molar-refractivity contribution in [1.29, 1.82) is 0 Å². The standard InChI is InChI=1S/C58H40N2/c1-4-19-41(20-5-1)47-27-12-13-29-49(47)44-35-38-57(54(39-44)43-21-6-2-7-22-43)60(55-33-16-14-30-51(55)50-32-18-24-42-23-10-11-28-48(42)50)46-36-37-53-52-31-15-17-34-56(52)59(58(53)40-46)45-25-8-3-9-26-45/h1-40H. The molecule has 11 rings (SSSR count). The average Bonchev–Trinajstić information content (AvgIpc) is 3.66. The molecule has 2 nitrogen and oxygen atoms in total. The van der Waals surface area contributed by atoms with Gasteiger partial charge < -0.3 is 9.47 Å². The van der Waals surface area contributed by atoms with E-state index in [4.69, 9.17) is 0 Å². The molecule has 0 saturated heterocycles. The third kappa shape index (κ3) is 6.14. The highest BCUT2D eigenvalue weighted by molar-refractivity contribution is 6.11. The molecule has 0 aliphatic carbocycles. The molecule has 0 saturated carbocycles. The van der Waals surface area contributed by atoms with Gasteiger partial charge in [0.2, 0.25) is 0 Å². The van der Waals surface area contributed by atoms with Crippen LogP contribution in [0.25, 0.3) is 82.8 Å². The molecular formula is C58H40N2. The van der Waals surface area contributed by atoms with E-state index >= 15 is 0 Å². The largest absolute Gasteiger partial charge is 0.309 e. The third-order valence-electron chi connectivity index (χ3n) is 11.8. The van der Waals surface area contributed by atoms with E-state index < -0.39 is 0 Å². The molecule has 1 heterocycles. The Labute approximate surface area is 350 Å². The van der Waals surface area contributed by atoms with E-state index in [9.17, 15) is 0 Å². The second kappa shape index (κ2) is 15.1. The Hall–Kier alpha value is -7.94. The van der Waals surface area contributed by atoms with Gasteiger partial charge in [0, 0.05) is 33.3 Å². The van der Waals surface area contributed by atoms with Gasteiger partial charge in [-0.1, -0.05) is 194 Å². The Morgan fingerprint density at radius 3 is 1.58 bits per heavy atom. The van der Waals surface area contributed by atoms with Crippen LogP contribution in [0.5, 0.6) is 0 Å². The first-order chi connectivity index (χ1) is 29.8. The maximum absolute atomic E-state index is 2.48. The van der Waals surface area contributed by atoms with Crippen molar-refractivity contribution in [2.75, 3.05) is 4.90 Å². The monoisotopic (exact) mass is 764 g/mol. The molecule has 0 radical (unpaired) electrons. The van der Waals surface area contributed by atoms with Gasteiger partial charge >= 0.3 is 0 Å². The van der Waals surface area contributed by atoms with Crippen LogP contribution in [0.4, 0.5) is 17.1 Å². The molecular weight excluding hydrogens is 725 g/mol. The predicted octanol–water partition coefficient (Wildman–Crippen LogP) is 16.1. The van der Waals surface area contributed by atoms with E-state index in [0.29, 0.717) is 0 Å². The van der Waals surface area contributed by atoms with Gasteiger partial charge in [0.25, 0.3) is 0 Å². The normalized spacial score (nSPS) is 11.3. The van der Waals surface area contributed by atoms with E-state index in [0.717, 1.165) is 45.0 Å². The van der Waals surface area contributed by atoms with Crippen molar-refractivity contribution in [3.8, 4) is 50.2 Å². The van der Waals surface area contributed by atoms with Gasteiger partial charge in [0.1, 0.15) is 0 Å². The van der Waals surface area contributed by atoms with Crippen LogP contribution in [0.3, 0.4) is 0 Å². The van der Waals surface area contributed by atoms with Crippen molar-refractivity contribution in [2.24, 2.45) is 0 Å². The Morgan fingerprint density at radius 2 is 0.817 bits per heavy atom. The van der Waals surface area contributed by atoms with Crippen LogP contribution in [0.15, 0.2) is 243 Å². The van der Waals surface area contributed by atoms with Crippen molar-refractivity contribution >= 4 is 49.6 Å². The van der Waals surface area contributed by atoms with E-state index in [-0.39, 0.29) is 0 Å². The zero-order valence-electron chi connectivity index (χ0n) is 33.0. The van der Waals surface area contributed by atoms with Gasteiger partial charge in [-0.25, -0.2) is 0 Å². The molecule has 0 amide bonds. The van der Waals surface area contributed by atoms with Crippen molar-refractivity contribution in [2.45, 2.75) is 0 Å². The molecule has 1 aromatic heterocycles. The molecule has 0 aliphatic heterocycles. The summed E-state index contributed by atoms with van der Waals surface area (Å²) in [6, 6.07) is 88.0. The number of anilines is 3. The number of para-hydroxylation sites is 3. The Balaban J connectivity index is 1.21. The molecule has 282 valence electrons. The lowest BCUT2D eigenvalue weighted by molar-refractivity contribution is 1.18. The molecule has 0 fully saturated rings. The minimum atomic E-state index is 1.07. The topological polar surface area (TPSA) is 8.17 Å². The minimum absolute atomic E-state index is 1.07. The molecule has 2 heteroatoms.